The summed E-state index contributed by atoms with van der Waals surface area (Å²) in [6, 6.07) is 7.93. The van der Waals surface area contributed by atoms with E-state index in [1.807, 2.05) is 24.3 Å². The molecule has 21 heavy (non-hydrogen) atoms. The molecule has 1 amide bonds. The maximum absolute atomic E-state index is 12.0. The lowest BCUT2D eigenvalue weighted by Gasteiger charge is -2.27. The van der Waals surface area contributed by atoms with E-state index in [1.165, 1.54) is 7.11 Å². The van der Waals surface area contributed by atoms with Crippen LogP contribution in [0.15, 0.2) is 28.7 Å². The van der Waals surface area contributed by atoms with Crippen LogP contribution in [0, 0.1) is 5.92 Å². The first-order valence-electron chi connectivity index (χ1n) is 7.20. The van der Waals surface area contributed by atoms with E-state index in [0.29, 0.717) is 6.42 Å². The number of hydrogen-bond donors (Lipinski definition) is 1. The average Bonchev–Trinajstić information content (AvgIpc) is 2.47. The van der Waals surface area contributed by atoms with E-state index in [-0.39, 0.29) is 23.8 Å². The molecule has 1 aromatic carbocycles. The van der Waals surface area contributed by atoms with E-state index >= 15 is 0 Å². The zero-order valence-corrected chi connectivity index (χ0v) is 13.7. The van der Waals surface area contributed by atoms with Crippen molar-refractivity contribution >= 4 is 27.8 Å². The number of amides is 1. The van der Waals surface area contributed by atoms with E-state index in [2.05, 4.69) is 21.2 Å². The minimum absolute atomic E-state index is 0.00627. The molecule has 0 bridgehead atoms. The van der Waals surface area contributed by atoms with Gasteiger partial charge in [-0.25, -0.2) is 0 Å². The molecule has 0 spiro atoms. The van der Waals surface area contributed by atoms with Gasteiger partial charge in [0.25, 0.3) is 0 Å². The molecule has 114 valence electrons. The van der Waals surface area contributed by atoms with Gasteiger partial charge < -0.3 is 10.1 Å². The molecule has 0 atom stereocenters. The Morgan fingerprint density at radius 3 is 2.62 bits per heavy atom. The van der Waals surface area contributed by atoms with E-state index in [0.717, 1.165) is 35.7 Å². The number of ether oxygens (including phenoxy) is 1. The number of carbonyl (C=O) groups excluding carboxylic acids is 2. The maximum Gasteiger partial charge on any atom is 0.308 e. The van der Waals surface area contributed by atoms with Crippen molar-refractivity contribution in [2.24, 2.45) is 5.92 Å². The van der Waals surface area contributed by atoms with Crippen molar-refractivity contribution in [3.63, 3.8) is 0 Å². The minimum atomic E-state index is -0.131. The smallest absolute Gasteiger partial charge is 0.308 e. The molecule has 0 unspecified atom stereocenters. The Bertz CT molecular complexity index is 510. The lowest BCUT2D eigenvalue weighted by molar-refractivity contribution is -0.146. The fraction of sp³-hybridized carbons (Fsp3) is 0.500. The maximum atomic E-state index is 12.0. The van der Waals surface area contributed by atoms with Gasteiger partial charge in [-0.15, -0.1) is 0 Å². The third-order valence-electron chi connectivity index (χ3n) is 3.88. The monoisotopic (exact) mass is 353 g/mol. The standard InChI is InChI=1S/C16H20BrNO3/c1-21-16(20)12-5-7-14(8-6-12)18-15(19)10-11-3-2-4-13(17)9-11/h2-4,9,12,14H,5-8,10H2,1H3,(H,18,19). The molecular formula is C16H20BrNO3. The van der Waals surface area contributed by atoms with Crippen LogP contribution in [-0.2, 0) is 20.7 Å². The van der Waals surface area contributed by atoms with Crippen molar-refractivity contribution in [3.8, 4) is 0 Å². The molecule has 1 N–H and O–H groups in total. The van der Waals surface area contributed by atoms with Crippen LogP contribution < -0.4 is 5.32 Å². The first-order chi connectivity index (χ1) is 10.1. The second kappa shape index (κ2) is 7.59. The quantitative estimate of drug-likeness (QED) is 0.846. The second-order valence-electron chi connectivity index (χ2n) is 5.45. The Kier molecular flexibility index (Phi) is 5.79. The molecule has 1 saturated carbocycles. The van der Waals surface area contributed by atoms with Gasteiger partial charge in [-0.3, -0.25) is 9.59 Å². The van der Waals surface area contributed by atoms with Crippen molar-refractivity contribution < 1.29 is 14.3 Å². The highest BCUT2D eigenvalue weighted by Gasteiger charge is 2.27. The van der Waals surface area contributed by atoms with Crippen LogP contribution in [0.2, 0.25) is 0 Å². The first-order valence-corrected chi connectivity index (χ1v) is 7.99. The highest BCUT2D eigenvalue weighted by molar-refractivity contribution is 9.10. The number of halogens is 1. The van der Waals surface area contributed by atoms with Gasteiger partial charge in [0.05, 0.1) is 19.4 Å². The van der Waals surface area contributed by atoms with Gasteiger partial charge in [-0.1, -0.05) is 28.1 Å². The normalized spacial score (nSPS) is 21.6. The summed E-state index contributed by atoms with van der Waals surface area (Å²) in [5.41, 5.74) is 0.991. The summed E-state index contributed by atoms with van der Waals surface area (Å²) in [5, 5.41) is 3.06. The Morgan fingerprint density at radius 2 is 2.00 bits per heavy atom. The van der Waals surface area contributed by atoms with Gasteiger partial charge in [-0.2, -0.15) is 0 Å². The van der Waals surface area contributed by atoms with Crippen molar-refractivity contribution in [3.05, 3.63) is 34.3 Å². The number of carbonyl (C=O) groups is 2. The van der Waals surface area contributed by atoms with Crippen LogP contribution in [0.1, 0.15) is 31.2 Å². The SMILES string of the molecule is COC(=O)C1CCC(NC(=O)Cc2cccc(Br)c2)CC1. The zero-order chi connectivity index (χ0) is 15.2. The highest BCUT2D eigenvalue weighted by Crippen LogP contribution is 2.25. The largest absolute Gasteiger partial charge is 0.469 e. The molecule has 0 aromatic heterocycles. The summed E-state index contributed by atoms with van der Waals surface area (Å²) in [4.78, 5) is 23.5. The summed E-state index contributed by atoms with van der Waals surface area (Å²) in [6.07, 6.45) is 3.63. The molecule has 1 aliphatic rings. The van der Waals surface area contributed by atoms with Gasteiger partial charge in [0.1, 0.15) is 0 Å². The van der Waals surface area contributed by atoms with E-state index < -0.39 is 0 Å². The van der Waals surface area contributed by atoms with Crippen LogP contribution in [0.4, 0.5) is 0 Å². The summed E-state index contributed by atoms with van der Waals surface area (Å²) in [7, 11) is 1.42. The Hall–Kier alpha value is -1.36. The van der Waals surface area contributed by atoms with Crippen molar-refractivity contribution in [1.82, 2.24) is 5.32 Å². The molecule has 1 aromatic rings. The third-order valence-corrected chi connectivity index (χ3v) is 4.37. The summed E-state index contributed by atoms with van der Waals surface area (Å²) in [6.45, 7) is 0. The molecule has 0 aliphatic heterocycles. The van der Waals surface area contributed by atoms with Crippen LogP contribution in [0.25, 0.3) is 0 Å². The number of rotatable bonds is 4. The van der Waals surface area contributed by atoms with Crippen molar-refractivity contribution in [1.29, 1.82) is 0 Å². The van der Waals surface area contributed by atoms with Gasteiger partial charge in [-0.05, 0) is 43.4 Å². The summed E-state index contributed by atoms with van der Waals surface area (Å²) >= 11 is 3.40. The van der Waals surface area contributed by atoms with Crippen LogP contribution in [-0.4, -0.2) is 25.0 Å². The fourth-order valence-corrected chi connectivity index (χ4v) is 3.20. The number of methoxy groups -OCH3 is 1. The van der Waals surface area contributed by atoms with E-state index in [4.69, 9.17) is 4.74 Å². The Balaban J connectivity index is 1.78. The molecular weight excluding hydrogens is 334 g/mol. The van der Waals surface area contributed by atoms with Crippen LogP contribution in [0.3, 0.4) is 0 Å². The van der Waals surface area contributed by atoms with Gasteiger partial charge in [0.2, 0.25) is 5.91 Å². The molecule has 2 rings (SSSR count). The fourth-order valence-electron chi connectivity index (χ4n) is 2.75. The number of benzene rings is 1. The third kappa shape index (κ3) is 4.84. The number of nitrogens with one attached hydrogen (secondary N) is 1. The Morgan fingerprint density at radius 1 is 1.29 bits per heavy atom. The topological polar surface area (TPSA) is 55.4 Å². The lowest BCUT2D eigenvalue weighted by Crippen LogP contribution is -2.39. The second-order valence-corrected chi connectivity index (χ2v) is 6.36. The van der Waals surface area contributed by atoms with Crippen molar-refractivity contribution in [2.75, 3.05) is 7.11 Å². The molecule has 0 heterocycles. The Labute approximate surface area is 133 Å². The minimum Gasteiger partial charge on any atom is -0.469 e. The summed E-state index contributed by atoms with van der Waals surface area (Å²) < 4.78 is 5.74. The molecule has 0 radical (unpaired) electrons. The lowest BCUT2D eigenvalue weighted by atomic mass is 9.86. The molecule has 0 saturated heterocycles. The van der Waals surface area contributed by atoms with E-state index in [1.54, 1.807) is 0 Å². The average molecular weight is 354 g/mol. The van der Waals surface area contributed by atoms with E-state index in [9.17, 15) is 9.59 Å². The number of hydrogen-bond acceptors (Lipinski definition) is 3. The molecule has 1 aliphatic carbocycles. The summed E-state index contributed by atoms with van der Waals surface area (Å²) in [5.74, 6) is -0.100. The van der Waals surface area contributed by atoms with Crippen LogP contribution in [0.5, 0.6) is 0 Å². The predicted octanol–water partition coefficient (Wildman–Crippen LogP) is 2.84. The highest BCUT2D eigenvalue weighted by atomic mass is 79.9. The predicted molar refractivity (Wildman–Crippen MR) is 83.8 cm³/mol. The van der Waals surface area contributed by atoms with Crippen LogP contribution >= 0.6 is 15.9 Å². The number of esters is 1. The first kappa shape index (κ1) is 16.0. The molecule has 4 nitrogen and oxygen atoms in total. The van der Waals surface area contributed by atoms with Gasteiger partial charge >= 0.3 is 5.97 Å². The van der Waals surface area contributed by atoms with Gasteiger partial charge in [0.15, 0.2) is 0 Å². The molecule has 5 heteroatoms. The van der Waals surface area contributed by atoms with Gasteiger partial charge in [0, 0.05) is 10.5 Å². The zero-order valence-electron chi connectivity index (χ0n) is 12.1. The molecule has 1 fully saturated rings. The van der Waals surface area contributed by atoms with Crippen molar-refractivity contribution in [2.45, 2.75) is 38.1 Å².